The number of nitrogens with zero attached hydrogens (tertiary/aromatic N) is 3. The number of benzene rings is 1. The van der Waals surface area contributed by atoms with E-state index in [0.717, 1.165) is 23.4 Å². The normalized spacial score (nSPS) is 16.1. The van der Waals surface area contributed by atoms with Crippen LogP contribution in [0.3, 0.4) is 0 Å². The van der Waals surface area contributed by atoms with E-state index in [-0.39, 0.29) is 0 Å². The van der Waals surface area contributed by atoms with Crippen LogP contribution < -0.4 is 0 Å². The highest BCUT2D eigenvalue weighted by atomic mass is 32.2. The van der Waals surface area contributed by atoms with Crippen LogP contribution in [0.5, 0.6) is 0 Å². The molecular formula is C14H18N4O2S. The Kier molecular flexibility index (Phi) is 3.79. The predicted molar refractivity (Wildman–Crippen MR) is 80.6 cm³/mol. The zero-order chi connectivity index (χ0) is 14.9. The standard InChI is InChI=1S/C14H18N4O2S/c1-17(21(19,20)18-8-5-9-18)11-13-10-14(16-15-13)12-6-3-2-4-7-12/h2-4,6-7,10H,5,8-9,11H2,1H3,(H,15,16). The highest BCUT2D eigenvalue weighted by molar-refractivity contribution is 7.86. The van der Waals surface area contributed by atoms with Crippen LogP contribution in [0.4, 0.5) is 0 Å². The maximum absolute atomic E-state index is 12.2. The highest BCUT2D eigenvalue weighted by Gasteiger charge is 2.31. The predicted octanol–water partition coefficient (Wildman–Crippen LogP) is 1.46. The van der Waals surface area contributed by atoms with Gasteiger partial charge >= 0.3 is 0 Å². The first-order valence-corrected chi connectivity index (χ1v) is 8.28. The minimum absolute atomic E-state index is 0.290. The quantitative estimate of drug-likeness (QED) is 0.909. The topological polar surface area (TPSA) is 69.3 Å². The van der Waals surface area contributed by atoms with Gasteiger partial charge in [0.25, 0.3) is 10.2 Å². The van der Waals surface area contributed by atoms with Gasteiger partial charge in [0.1, 0.15) is 0 Å². The van der Waals surface area contributed by atoms with Crippen molar-refractivity contribution in [3.05, 3.63) is 42.1 Å². The van der Waals surface area contributed by atoms with Crippen molar-refractivity contribution in [3.63, 3.8) is 0 Å². The van der Waals surface area contributed by atoms with Gasteiger partial charge in [-0.25, -0.2) is 0 Å². The van der Waals surface area contributed by atoms with Crippen LogP contribution in [0.25, 0.3) is 11.3 Å². The Balaban J connectivity index is 1.73. The van der Waals surface area contributed by atoms with Crippen molar-refractivity contribution in [1.82, 2.24) is 18.8 Å². The largest absolute Gasteiger partial charge is 0.282 e. The van der Waals surface area contributed by atoms with E-state index in [1.54, 1.807) is 7.05 Å². The summed E-state index contributed by atoms with van der Waals surface area (Å²) in [7, 11) is -1.74. The SMILES string of the molecule is CN(Cc1cc(-c2ccccc2)n[nH]1)S(=O)(=O)N1CCC1. The number of rotatable bonds is 5. The molecule has 1 fully saturated rings. The lowest BCUT2D eigenvalue weighted by Gasteiger charge is -2.33. The molecule has 1 aromatic heterocycles. The minimum atomic E-state index is -3.34. The van der Waals surface area contributed by atoms with E-state index in [1.807, 2.05) is 36.4 Å². The van der Waals surface area contributed by atoms with E-state index in [0.29, 0.717) is 19.6 Å². The maximum atomic E-state index is 12.2. The minimum Gasteiger partial charge on any atom is -0.281 e. The molecule has 2 aromatic rings. The average molecular weight is 306 g/mol. The summed E-state index contributed by atoms with van der Waals surface area (Å²) < 4.78 is 27.3. The summed E-state index contributed by atoms with van der Waals surface area (Å²) in [6.45, 7) is 1.52. The number of aromatic amines is 1. The fraction of sp³-hybridized carbons (Fsp3) is 0.357. The Labute approximate surface area is 124 Å². The Morgan fingerprint density at radius 3 is 2.62 bits per heavy atom. The molecule has 2 heterocycles. The van der Waals surface area contributed by atoms with Gasteiger partial charge in [0, 0.05) is 25.7 Å². The molecule has 7 heteroatoms. The zero-order valence-corrected chi connectivity index (χ0v) is 12.7. The van der Waals surface area contributed by atoms with Gasteiger partial charge in [0.05, 0.1) is 17.9 Å². The van der Waals surface area contributed by atoms with Crippen LogP contribution in [0.1, 0.15) is 12.1 Å². The summed E-state index contributed by atoms with van der Waals surface area (Å²) in [5, 5.41) is 7.15. The lowest BCUT2D eigenvalue weighted by molar-refractivity contribution is 0.280. The average Bonchev–Trinajstić information content (AvgIpc) is 2.85. The second kappa shape index (κ2) is 5.59. The number of H-pyrrole nitrogens is 1. The second-order valence-corrected chi connectivity index (χ2v) is 7.20. The number of hydrogen-bond donors (Lipinski definition) is 1. The van der Waals surface area contributed by atoms with Crippen molar-refractivity contribution < 1.29 is 8.42 Å². The van der Waals surface area contributed by atoms with Crippen molar-refractivity contribution in [2.24, 2.45) is 0 Å². The van der Waals surface area contributed by atoms with E-state index >= 15 is 0 Å². The third-order valence-electron chi connectivity index (χ3n) is 3.63. The van der Waals surface area contributed by atoms with Crippen molar-refractivity contribution >= 4 is 10.2 Å². The maximum Gasteiger partial charge on any atom is 0.282 e. The molecule has 6 nitrogen and oxygen atoms in total. The van der Waals surface area contributed by atoms with Crippen molar-refractivity contribution in [2.75, 3.05) is 20.1 Å². The molecule has 0 amide bonds. The van der Waals surface area contributed by atoms with Gasteiger partial charge in [-0.3, -0.25) is 5.10 Å². The number of aromatic nitrogens is 2. The molecule has 0 aliphatic carbocycles. The molecule has 0 saturated carbocycles. The van der Waals surface area contributed by atoms with Gasteiger partial charge in [-0.2, -0.15) is 22.1 Å². The van der Waals surface area contributed by atoms with Crippen LogP contribution in [0.2, 0.25) is 0 Å². The number of hydrogen-bond acceptors (Lipinski definition) is 3. The molecule has 0 unspecified atom stereocenters. The van der Waals surface area contributed by atoms with Crippen LogP contribution in [-0.2, 0) is 16.8 Å². The molecule has 3 rings (SSSR count). The molecule has 0 spiro atoms. The molecule has 1 N–H and O–H groups in total. The lowest BCUT2D eigenvalue weighted by atomic mass is 10.1. The monoisotopic (exact) mass is 306 g/mol. The third kappa shape index (κ3) is 2.85. The van der Waals surface area contributed by atoms with Gasteiger partial charge in [0.15, 0.2) is 0 Å². The second-order valence-electron chi connectivity index (χ2n) is 5.16. The van der Waals surface area contributed by atoms with E-state index in [4.69, 9.17) is 0 Å². The van der Waals surface area contributed by atoms with Crippen molar-refractivity contribution in [1.29, 1.82) is 0 Å². The molecule has 1 saturated heterocycles. The van der Waals surface area contributed by atoms with Crippen molar-refractivity contribution in [2.45, 2.75) is 13.0 Å². The fourth-order valence-corrected chi connectivity index (χ4v) is 3.65. The third-order valence-corrected chi connectivity index (χ3v) is 5.56. The smallest absolute Gasteiger partial charge is 0.281 e. The molecule has 0 bridgehead atoms. The van der Waals surface area contributed by atoms with Gasteiger partial charge < -0.3 is 0 Å². The molecule has 0 atom stereocenters. The van der Waals surface area contributed by atoms with Crippen LogP contribution >= 0.6 is 0 Å². The molecule has 0 radical (unpaired) electrons. The van der Waals surface area contributed by atoms with E-state index < -0.39 is 10.2 Å². The molecule has 1 aromatic carbocycles. The molecule has 1 aliphatic heterocycles. The molecular weight excluding hydrogens is 288 g/mol. The lowest BCUT2D eigenvalue weighted by Crippen LogP contribution is -2.48. The van der Waals surface area contributed by atoms with Gasteiger partial charge in [-0.15, -0.1) is 0 Å². The summed E-state index contributed by atoms with van der Waals surface area (Å²) in [5.74, 6) is 0. The summed E-state index contributed by atoms with van der Waals surface area (Å²) in [4.78, 5) is 0. The van der Waals surface area contributed by atoms with E-state index in [1.165, 1.54) is 8.61 Å². The van der Waals surface area contributed by atoms with E-state index in [9.17, 15) is 8.42 Å². The summed E-state index contributed by atoms with van der Waals surface area (Å²) in [5.41, 5.74) is 2.61. The molecule has 112 valence electrons. The summed E-state index contributed by atoms with van der Waals surface area (Å²) in [6.07, 6.45) is 0.940. The van der Waals surface area contributed by atoms with Crippen LogP contribution in [0, 0.1) is 0 Å². The number of nitrogens with one attached hydrogen (secondary N) is 1. The van der Waals surface area contributed by atoms with E-state index in [2.05, 4.69) is 10.2 Å². The Morgan fingerprint density at radius 2 is 2.00 bits per heavy atom. The Bertz CT molecular complexity index is 708. The van der Waals surface area contributed by atoms with Gasteiger partial charge in [0.2, 0.25) is 0 Å². The molecule has 1 aliphatic rings. The Hall–Kier alpha value is -1.70. The summed E-state index contributed by atoms with van der Waals surface area (Å²) in [6, 6.07) is 11.7. The van der Waals surface area contributed by atoms with Crippen LogP contribution in [-0.4, -0.2) is 47.4 Å². The first kappa shape index (κ1) is 14.2. The first-order valence-electron chi connectivity index (χ1n) is 6.88. The highest BCUT2D eigenvalue weighted by Crippen LogP contribution is 2.20. The summed E-state index contributed by atoms with van der Waals surface area (Å²) >= 11 is 0. The van der Waals surface area contributed by atoms with Gasteiger partial charge in [-0.05, 0) is 12.5 Å². The first-order chi connectivity index (χ1) is 10.1. The van der Waals surface area contributed by atoms with Crippen LogP contribution in [0.15, 0.2) is 36.4 Å². The van der Waals surface area contributed by atoms with Gasteiger partial charge in [-0.1, -0.05) is 30.3 Å². The molecule has 21 heavy (non-hydrogen) atoms. The Morgan fingerprint density at radius 1 is 1.29 bits per heavy atom. The zero-order valence-electron chi connectivity index (χ0n) is 11.9. The van der Waals surface area contributed by atoms with Crippen molar-refractivity contribution in [3.8, 4) is 11.3 Å². The fourth-order valence-electron chi connectivity index (χ4n) is 2.24.